The number of aliphatic hydroxyl groups excluding tert-OH is 3. The molecule has 0 amide bonds. The Morgan fingerprint density at radius 1 is 1.04 bits per heavy atom. The molecule has 1 aromatic rings. The van der Waals surface area contributed by atoms with Crippen molar-refractivity contribution in [1.82, 2.24) is 0 Å². The predicted octanol–water partition coefficient (Wildman–Crippen LogP) is 1.13. The van der Waals surface area contributed by atoms with Gasteiger partial charge in [-0.05, 0) is 37.5 Å². The van der Waals surface area contributed by atoms with E-state index in [1.54, 1.807) is 32.2 Å². The van der Waals surface area contributed by atoms with E-state index in [1.807, 2.05) is 0 Å². The Hall–Kier alpha value is -1.67. The number of rotatable bonds is 4. The molecular weight excluding hydrogens is 340 g/mol. The van der Waals surface area contributed by atoms with Gasteiger partial charge < -0.3 is 29.5 Å². The molecule has 2 aliphatic rings. The van der Waals surface area contributed by atoms with Gasteiger partial charge in [0.25, 0.3) is 0 Å². The number of carbonyl (C=O) groups is 1. The maximum atomic E-state index is 11.4. The molecule has 0 bridgehead atoms. The zero-order valence-corrected chi connectivity index (χ0v) is 15.0. The van der Waals surface area contributed by atoms with E-state index in [4.69, 9.17) is 14.2 Å². The van der Waals surface area contributed by atoms with Gasteiger partial charge in [0.2, 0.25) is 0 Å². The summed E-state index contributed by atoms with van der Waals surface area (Å²) < 4.78 is 17.1. The largest absolute Gasteiger partial charge is 0.493 e. The van der Waals surface area contributed by atoms with Gasteiger partial charge in [-0.2, -0.15) is 0 Å². The molecule has 2 fully saturated rings. The highest BCUT2D eigenvalue weighted by Crippen LogP contribution is 2.38. The maximum absolute atomic E-state index is 11.4. The lowest BCUT2D eigenvalue weighted by Gasteiger charge is -2.39. The van der Waals surface area contributed by atoms with Gasteiger partial charge in [0.15, 0.2) is 11.5 Å². The van der Waals surface area contributed by atoms with E-state index in [0.29, 0.717) is 42.7 Å². The Morgan fingerprint density at radius 3 is 2.38 bits per heavy atom. The second-order valence-electron chi connectivity index (χ2n) is 7.00. The molecule has 1 aromatic carbocycles. The SMILES string of the molecule is COc1ccc([C@@H]2O[C@H](C)[C@@H](O)[C@H](O)[C@H]2O)cc1OC1CCC(=O)CC1. The van der Waals surface area contributed by atoms with E-state index in [-0.39, 0.29) is 11.9 Å². The van der Waals surface area contributed by atoms with Gasteiger partial charge in [0, 0.05) is 12.8 Å². The first-order valence-corrected chi connectivity index (χ1v) is 8.96. The van der Waals surface area contributed by atoms with Crippen LogP contribution >= 0.6 is 0 Å². The summed E-state index contributed by atoms with van der Waals surface area (Å²) in [7, 11) is 1.54. The van der Waals surface area contributed by atoms with Crippen molar-refractivity contribution in [1.29, 1.82) is 0 Å². The van der Waals surface area contributed by atoms with Crippen LogP contribution in [-0.2, 0) is 9.53 Å². The molecule has 1 saturated heterocycles. The van der Waals surface area contributed by atoms with E-state index in [9.17, 15) is 20.1 Å². The lowest BCUT2D eigenvalue weighted by molar-refractivity contribution is -0.219. The minimum atomic E-state index is -1.29. The average Bonchev–Trinajstić information content (AvgIpc) is 2.65. The minimum absolute atomic E-state index is 0.0691. The molecule has 1 aliphatic heterocycles. The van der Waals surface area contributed by atoms with Gasteiger partial charge in [-0.1, -0.05) is 6.07 Å². The monoisotopic (exact) mass is 366 g/mol. The Labute approximate surface area is 152 Å². The number of hydrogen-bond donors (Lipinski definition) is 3. The molecule has 7 heteroatoms. The molecule has 144 valence electrons. The highest BCUT2D eigenvalue weighted by Gasteiger charge is 2.42. The molecule has 1 aliphatic carbocycles. The zero-order valence-electron chi connectivity index (χ0n) is 15.0. The molecule has 1 saturated carbocycles. The van der Waals surface area contributed by atoms with Crippen LogP contribution in [0.4, 0.5) is 0 Å². The normalized spacial score (nSPS) is 33.1. The Balaban J connectivity index is 1.81. The van der Waals surface area contributed by atoms with Gasteiger partial charge in [0.1, 0.15) is 30.2 Å². The second-order valence-corrected chi connectivity index (χ2v) is 7.00. The van der Waals surface area contributed by atoms with Crippen molar-refractivity contribution >= 4 is 5.78 Å². The van der Waals surface area contributed by atoms with Crippen molar-refractivity contribution in [2.45, 2.75) is 69.2 Å². The summed E-state index contributed by atoms with van der Waals surface area (Å²) in [6, 6.07) is 5.18. The Morgan fingerprint density at radius 2 is 1.73 bits per heavy atom. The number of benzene rings is 1. The van der Waals surface area contributed by atoms with Crippen LogP contribution < -0.4 is 9.47 Å². The molecular formula is C19H26O7. The quantitative estimate of drug-likeness (QED) is 0.733. The van der Waals surface area contributed by atoms with Crippen LogP contribution in [0, 0.1) is 0 Å². The van der Waals surface area contributed by atoms with Crippen LogP contribution in [0.25, 0.3) is 0 Å². The molecule has 7 nitrogen and oxygen atoms in total. The third kappa shape index (κ3) is 3.86. The smallest absolute Gasteiger partial charge is 0.161 e. The highest BCUT2D eigenvalue weighted by molar-refractivity contribution is 5.79. The maximum Gasteiger partial charge on any atom is 0.161 e. The third-order valence-corrected chi connectivity index (χ3v) is 5.15. The van der Waals surface area contributed by atoms with Crippen molar-refractivity contribution in [3.05, 3.63) is 23.8 Å². The van der Waals surface area contributed by atoms with Gasteiger partial charge in [0.05, 0.1) is 19.3 Å². The minimum Gasteiger partial charge on any atom is -0.493 e. The van der Waals surface area contributed by atoms with Crippen molar-refractivity contribution in [3.63, 3.8) is 0 Å². The third-order valence-electron chi connectivity index (χ3n) is 5.15. The summed E-state index contributed by atoms with van der Waals surface area (Å²) in [6.45, 7) is 1.65. The molecule has 3 rings (SSSR count). The first kappa shape index (κ1) is 19.1. The average molecular weight is 366 g/mol. The first-order valence-electron chi connectivity index (χ1n) is 8.96. The molecule has 0 unspecified atom stereocenters. The number of aliphatic hydroxyl groups is 3. The van der Waals surface area contributed by atoms with Crippen molar-refractivity contribution < 1.29 is 34.3 Å². The number of ketones is 1. The van der Waals surface area contributed by atoms with E-state index < -0.39 is 30.5 Å². The Kier molecular flexibility index (Phi) is 5.82. The van der Waals surface area contributed by atoms with Crippen LogP contribution in [0.15, 0.2) is 18.2 Å². The molecule has 5 atom stereocenters. The fourth-order valence-electron chi connectivity index (χ4n) is 3.50. The van der Waals surface area contributed by atoms with Crippen molar-refractivity contribution in [3.8, 4) is 11.5 Å². The molecule has 26 heavy (non-hydrogen) atoms. The highest BCUT2D eigenvalue weighted by atomic mass is 16.5. The lowest BCUT2D eigenvalue weighted by Crippen LogP contribution is -2.53. The summed E-state index contributed by atoms with van der Waals surface area (Å²) in [6.07, 6.45) is -2.81. The van der Waals surface area contributed by atoms with E-state index >= 15 is 0 Å². The first-order chi connectivity index (χ1) is 12.4. The molecule has 3 N–H and O–H groups in total. The van der Waals surface area contributed by atoms with Crippen LogP contribution in [-0.4, -0.2) is 58.7 Å². The summed E-state index contributed by atoms with van der Waals surface area (Å²) in [5.41, 5.74) is 0.623. The number of hydrogen-bond acceptors (Lipinski definition) is 7. The van der Waals surface area contributed by atoms with Crippen LogP contribution in [0.2, 0.25) is 0 Å². The molecule has 0 radical (unpaired) electrons. The van der Waals surface area contributed by atoms with Crippen LogP contribution in [0.1, 0.15) is 44.3 Å². The molecule has 1 heterocycles. The van der Waals surface area contributed by atoms with Gasteiger partial charge >= 0.3 is 0 Å². The summed E-state index contributed by atoms with van der Waals surface area (Å²) in [4.78, 5) is 11.4. The number of Topliss-reactive ketones (excluding diaryl/α,β-unsaturated/α-hetero) is 1. The lowest BCUT2D eigenvalue weighted by atomic mass is 9.91. The topological polar surface area (TPSA) is 105 Å². The number of carbonyl (C=O) groups excluding carboxylic acids is 1. The van der Waals surface area contributed by atoms with Crippen LogP contribution in [0.5, 0.6) is 11.5 Å². The van der Waals surface area contributed by atoms with Gasteiger partial charge in [-0.3, -0.25) is 4.79 Å². The van der Waals surface area contributed by atoms with Crippen molar-refractivity contribution in [2.75, 3.05) is 7.11 Å². The standard InChI is InChI=1S/C19H26O7/c1-10-16(21)17(22)18(23)19(25-10)11-3-8-14(24-2)15(9-11)26-13-6-4-12(20)5-7-13/h3,8-10,13,16-19,21-23H,4-7H2,1-2H3/t10-,16-,17+,18-,19+/m1/s1. The molecule has 0 spiro atoms. The summed E-state index contributed by atoms with van der Waals surface area (Å²) >= 11 is 0. The van der Waals surface area contributed by atoms with E-state index in [2.05, 4.69) is 0 Å². The predicted molar refractivity (Wildman–Crippen MR) is 92.2 cm³/mol. The van der Waals surface area contributed by atoms with E-state index in [1.165, 1.54) is 0 Å². The number of methoxy groups -OCH3 is 1. The van der Waals surface area contributed by atoms with Gasteiger partial charge in [-0.15, -0.1) is 0 Å². The fourth-order valence-corrected chi connectivity index (χ4v) is 3.50. The van der Waals surface area contributed by atoms with Crippen molar-refractivity contribution in [2.24, 2.45) is 0 Å². The molecule has 0 aromatic heterocycles. The fraction of sp³-hybridized carbons (Fsp3) is 0.632. The van der Waals surface area contributed by atoms with E-state index in [0.717, 1.165) is 0 Å². The second kappa shape index (κ2) is 7.92. The summed E-state index contributed by atoms with van der Waals surface area (Å²) in [5.74, 6) is 1.31. The van der Waals surface area contributed by atoms with Crippen LogP contribution in [0.3, 0.4) is 0 Å². The summed E-state index contributed by atoms with van der Waals surface area (Å²) in [5, 5.41) is 30.2. The Bertz CT molecular complexity index is 637. The zero-order chi connectivity index (χ0) is 18.8. The number of ether oxygens (including phenoxy) is 3. The van der Waals surface area contributed by atoms with Gasteiger partial charge in [-0.25, -0.2) is 0 Å².